The van der Waals surface area contributed by atoms with Crippen molar-refractivity contribution in [2.24, 2.45) is 0 Å². The van der Waals surface area contributed by atoms with Gasteiger partial charge in [-0.15, -0.1) is 0 Å². The first-order valence-corrected chi connectivity index (χ1v) is 14.0. The highest BCUT2D eigenvalue weighted by atomic mass is 16.6. The van der Waals surface area contributed by atoms with Gasteiger partial charge < -0.3 is 29.2 Å². The first-order valence-electron chi connectivity index (χ1n) is 14.0. The van der Waals surface area contributed by atoms with E-state index in [1.165, 1.54) is 24.3 Å². The minimum atomic E-state index is -1.36. The van der Waals surface area contributed by atoms with Crippen LogP contribution in [0, 0.1) is 0 Å². The van der Waals surface area contributed by atoms with E-state index in [9.17, 15) is 19.5 Å². The molecular formula is C34H34O9. The Balaban J connectivity index is 1.26. The van der Waals surface area contributed by atoms with E-state index in [0.29, 0.717) is 17.2 Å². The summed E-state index contributed by atoms with van der Waals surface area (Å²) in [4.78, 5) is 37.1. The highest BCUT2D eigenvalue weighted by Gasteiger charge is 2.21. The Morgan fingerprint density at radius 3 is 1.86 bits per heavy atom. The zero-order valence-electron chi connectivity index (χ0n) is 23.7. The summed E-state index contributed by atoms with van der Waals surface area (Å²) in [6.45, 7) is 6.77. The summed E-state index contributed by atoms with van der Waals surface area (Å²) in [5, 5.41) is 18.8. The van der Waals surface area contributed by atoms with E-state index in [-0.39, 0.29) is 29.2 Å². The van der Waals surface area contributed by atoms with Crippen LogP contribution in [0.4, 0.5) is 0 Å². The molecule has 0 heterocycles. The number of ether oxygens (including phenoxy) is 4. The summed E-state index contributed by atoms with van der Waals surface area (Å²) in [5.41, 5.74) is 2.10. The van der Waals surface area contributed by atoms with Crippen molar-refractivity contribution in [3.8, 4) is 28.4 Å². The molecule has 9 nitrogen and oxygen atoms in total. The number of esters is 3. The van der Waals surface area contributed by atoms with Crippen molar-refractivity contribution in [2.75, 3.05) is 6.61 Å². The van der Waals surface area contributed by atoms with Crippen LogP contribution in [0.15, 0.2) is 97.1 Å². The van der Waals surface area contributed by atoms with Crippen LogP contribution in [0.5, 0.6) is 17.2 Å². The maximum absolute atomic E-state index is 12.5. The molecule has 9 heteroatoms. The van der Waals surface area contributed by atoms with Gasteiger partial charge in [0, 0.05) is 11.1 Å². The third kappa shape index (κ3) is 9.13. The summed E-state index contributed by atoms with van der Waals surface area (Å²) >= 11 is 0. The monoisotopic (exact) mass is 586 g/mol. The van der Waals surface area contributed by atoms with Crippen LogP contribution in [0.25, 0.3) is 11.1 Å². The van der Waals surface area contributed by atoms with E-state index in [1.807, 2.05) is 0 Å². The lowest BCUT2D eigenvalue weighted by Gasteiger charge is -2.21. The standard InChI is InChI=1S/C34H34O9/c1-22(20-31(36)40-27-6-4-3-5-7-27)32(37)41-28-14-8-24(9-15-28)25-10-16-30(17-11-25)43-34(39)26-12-18-29(19-13-26)42-33(38)23(2)21-35/h8-19,27,33,35,38H,1-7,20-21H2. The molecule has 3 aromatic carbocycles. The van der Waals surface area contributed by atoms with Gasteiger partial charge >= 0.3 is 17.9 Å². The number of hydrogen-bond acceptors (Lipinski definition) is 9. The van der Waals surface area contributed by atoms with Gasteiger partial charge in [0.2, 0.25) is 6.29 Å². The Labute approximate surface area is 250 Å². The van der Waals surface area contributed by atoms with E-state index in [4.69, 9.17) is 24.1 Å². The van der Waals surface area contributed by atoms with Gasteiger partial charge in [-0.3, -0.25) is 4.79 Å². The van der Waals surface area contributed by atoms with Crippen molar-refractivity contribution < 1.29 is 43.5 Å². The molecule has 1 unspecified atom stereocenters. The molecule has 0 bridgehead atoms. The van der Waals surface area contributed by atoms with E-state index in [0.717, 1.165) is 43.2 Å². The zero-order chi connectivity index (χ0) is 30.8. The molecule has 1 aliphatic carbocycles. The highest BCUT2D eigenvalue weighted by molar-refractivity contribution is 5.94. The Hall–Kier alpha value is -4.73. The van der Waals surface area contributed by atoms with E-state index in [1.54, 1.807) is 48.5 Å². The number of benzene rings is 3. The Morgan fingerprint density at radius 1 is 0.767 bits per heavy atom. The Kier molecular flexibility index (Phi) is 10.9. The topological polar surface area (TPSA) is 129 Å². The van der Waals surface area contributed by atoms with Crippen LogP contribution in [0.3, 0.4) is 0 Å². The minimum absolute atomic E-state index is 0.0300. The number of carbonyl (C=O) groups excluding carboxylic acids is 3. The highest BCUT2D eigenvalue weighted by Crippen LogP contribution is 2.26. The average Bonchev–Trinajstić information content (AvgIpc) is 3.02. The van der Waals surface area contributed by atoms with Gasteiger partial charge in [0.05, 0.1) is 18.6 Å². The van der Waals surface area contributed by atoms with Crippen molar-refractivity contribution in [3.05, 3.63) is 103 Å². The Morgan fingerprint density at radius 2 is 1.30 bits per heavy atom. The lowest BCUT2D eigenvalue weighted by molar-refractivity contribution is -0.150. The molecule has 43 heavy (non-hydrogen) atoms. The molecule has 1 atom stereocenters. The molecule has 224 valence electrons. The molecule has 0 amide bonds. The predicted molar refractivity (Wildman–Crippen MR) is 158 cm³/mol. The van der Waals surface area contributed by atoms with Gasteiger partial charge in [-0.25, -0.2) is 9.59 Å². The molecule has 4 rings (SSSR count). The molecule has 0 saturated heterocycles. The van der Waals surface area contributed by atoms with E-state index >= 15 is 0 Å². The lowest BCUT2D eigenvalue weighted by Crippen LogP contribution is -2.22. The quantitative estimate of drug-likeness (QED) is 0.0923. The molecule has 0 aliphatic heterocycles. The van der Waals surface area contributed by atoms with Crippen LogP contribution < -0.4 is 14.2 Å². The van der Waals surface area contributed by atoms with Crippen LogP contribution in [-0.4, -0.2) is 47.1 Å². The fraction of sp³-hybridized carbons (Fsp3) is 0.265. The fourth-order valence-corrected chi connectivity index (χ4v) is 4.39. The molecule has 1 saturated carbocycles. The second kappa shape index (κ2) is 14.9. The average molecular weight is 587 g/mol. The minimum Gasteiger partial charge on any atom is -0.462 e. The third-order valence-corrected chi connectivity index (χ3v) is 6.85. The molecule has 3 aromatic rings. The van der Waals surface area contributed by atoms with Gasteiger partial charge in [-0.05, 0) is 85.3 Å². The van der Waals surface area contributed by atoms with Crippen molar-refractivity contribution in [2.45, 2.75) is 50.9 Å². The van der Waals surface area contributed by atoms with E-state index < -0.39 is 30.8 Å². The predicted octanol–water partition coefficient (Wildman–Crippen LogP) is 5.55. The number of hydrogen-bond donors (Lipinski definition) is 2. The smallest absolute Gasteiger partial charge is 0.343 e. The molecule has 0 aromatic heterocycles. The molecule has 1 aliphatic rings. The third-order valence-electron chi connectivity index (χ3n) is 6.85. The van der Waals surface area contributed by atoms with Crippen LogP contribution >= 0.6 is 0 Å². The second-order valence-corrected chi connectivity index (χ2v) is 10.2. The fourth-order valence-electron chi connectivity index (χ4n) is 4.39. The second-order valence-electron chi connectivity index (χ2n) is 10.2. The molecule has 0 radical (unpaired) electrons. The summed E-state index contributed by atoms with van der Waals surface area (Å²) < 4.78 is 21.5. The zero-order valence-corrected chi connectivity index (χ0v) is 23.7. The van der Waals surface area contributed by atoms with Crippen molar-refractivity contribution in [3.63, 3.8) is 0 Å². The first-order chi connectivity index (χ1) is 20.7. The van der Waals surface area contributed by atoms with Crippen LogP contribution in [-0.2, 0) is 14.3 Å². The van der Waals surface area contributed by atoms with Gasteiger partial charge in [0.1, 0.15) is 23.4 Å². The van der Waals surface area contributed by atoms with Crippen molar-refractivity contribution in [1.29, 1.82) is 0 Å². The summed E-state index contributed by atoms with van der Waals surface area (Å²) in [7, 11) is 0. The van der Waals surface area contributed by atoms with Crippen LogP contribution in [0.2, 0.25) is 0 Å². The summed E-state index contributed by atoms with van der Waals surface area (Å²) in [6, 6.07) is 19.7. The molecule has 1 fully saturated rings. The van der Waals surface area contributed by atoms with Crippen molar-refractivity contribution in [1.82, 2.24) is 0 Å². The van der Waals surface area contributed by atoms with Crippen LogP contribution in [0.1, 0.15) is 48.9 Å². The first kappa shape index (κ1) is 31.2. The van der Waals surface area contributed by atoms with Gasteiger partial charge in [-0.2, -0.15) is 0 Å². The van der Waals surface area contributed by atoms with E-state index in [2.05, 4.69) is 13.2 Å². The SMILES string of the molecule is C=C(CC(=O)OC1CCCCC1)C(=O)Oc1ccc(-c2ccc(OC(=O)c3ccc(OC(O)C(=C)CO)cc3)cc2)cc1. The molecule has 2 N–H and O–H groups in total. The maximum Gasteiger partial charge on any atom is 0.343 e. The normalized spacial score (nSPS) is 13.8. The van der Waals surface area contributed by atoms with Gasteiger partial charge in [0.15, 0.2) is 0 Å². The van der Waals surface area contributed by atoms with Crippen molar-refractivity contribution >= 4 is 17.9 Å². The Bertz CT molecular complexity index is 1430. The summed E-state index contributed by atoms with van der Waals surface area (Å²) in [6.07, 6.45) is 3.28. The van der Waals surface area contributed by atoms with Gasteiger partial charge in [-0.1, -0.05) is 43.8 Å². The maximum atomic E-state index is 12.5. The molecule has 0 spiro atoms. The number of rotatable bonds is 12. The number of aliphatic hydroxyl groups excluding tert-OH is 2. The molecular weight excluding hydrogens is 552 g/mol. The summed E-state index contributed by atoms with van der Waals surface area (Å²) in [5.74, 6) is -0.784. The number of carbonyl (C=O) groups is 3. The number of aliphatic hydroxyl groups is 2. The van der Waals surface area contributed by atoms with Gasteiger partial charge in [0.25, 0.3) is 0 Å². The lowest BCUT2D eigenvalue weighted by atomic mass is 9.98. The largest absolute Gasteiger partial charge is 0.462 e.